The fourth-order valence-corrected chi connectivity index (χ4v) is 1.57. The Balaban J connectivity index is 0.00000361. The van der Waals surface area contributed by atoms with Gasteiger partial charge in [-0.15, -0.1) is 24.0 Å². The maximum atomic E-state index is 5.61. The van der Waals surface area contributed by atoms with Gasteiger partial charge in [0.05, 0.1) is 13.2 Å². The molecular formula is C15H26IN3O. The normalized spacial score (nSPS) is 10.8. The summed E-state index contributed by atoms with van der Waals surface area (Å²) in [5.74, 6) is 0.868. The van der Waals surface area contributed by atoms with Gasteiger partial charge in [0.2, 0.25) is 0 Å². The van der Waals surface area contributed by atoms with E-state index in [0.717, 1.165) is 32.0 Å². The molecule has 0 heterocycles. The molecule has 4 nitrogen and oxygen atoms in total. The van der Waals surface area contributed by atoms with Crippen molar-refractivity contribution in [3.05, 3.63) is 35.9 Å². The van der Waals surface area contributed by atoms with E-state index >= 15 is 0 Å². The second-order valence-corrected chi connectivity index (χ2v) is 4.23. The summed E-state index contributed by atoms with van der Waals surface area (Å²) >= 11 is 0. The van der Waals surface area contributed by atoms with Gasteiger partial charge in [-0.2, -0.15) is 0 Å². The maximum absolute atomic E-state index is 5.61. The van der Waals surface area contributed by atoms with E-state index in [0.29, 0.717) is 13.2 Å². The molecule has 0 amide bonds. The fraction of sp³-hybridized carbons (Fsp3) is 0.533. The monoisotopic (exact) mass is 391 g/mol. The maximum Gasteiger partial charge on any atom is 0.191 e. The van der Waals surface area contributed by atoms with E-state index in [4.69, 9.17) is 4.74 Å². The van der Waals surface area contributed by atoms with Crippen LogP contribution in [0.2, 0.25) is 0 Å². The molecule has 1 aromatic carbocycles. The molecule has 0 fully saturated rings. The molecule has 0 saturated carbocycles. The summed E-state index contributed by atoms with van der Waals surface area (Å²) in [5.41, 5.74) is 1.20. The van der Waals surface area contributed by atoms with E-state index < -0.39 is 0 Å². The second-order valence-electron chi connectivity index (χ2n) is 4.23. The second kappa shape index (κ2) is 13.2. The fourth-order valence-electron chi connectivity index (χ4n) is 1.57. The van der Waals surface area contributed by atoms with E-state index in [2.05, 4.69) is 41.6 Å². The third-order valence-electron chi connectivity index (χ3n) is 2.49. The van der Waals surface area contributed by atoms with Gasteiger partial charge in [0, 0.05) is 19.6 Å². The molecule has 0 aliphatic rings. The third-order valence-corrected chi connectivity index (χ3v) is 2.49. The highest BCUT2D eigenvalue weighted by Crippen LogP contribution is 1.99. The first kappa shape index (κ1) is 19.2. The van der Waals surface area contributed by atoms with Crippen LogP contribution in [-0.2, 0) is 11.3 Å². The number of ether oxygens (including phenoxy) is 1. The van der Waals surface area contributed by atoms with Crippen LogP contribution < -0.4 is 10.6 Å². The van der Waals surface area contributed by atoms with Gasteiger partial charge in [0.1, 0.15) is 0 Å². The predicted molar refractivity (Wildman–Crippen MR) is 95.8 cm³/mol. The minimum absolute atomic E-state index is 0. The van der Waals surface area contributed by atoms with Crippen molar-refractivity contribution in [3.8, 4) is 0 Å². The summed E-state index contributed by atoms with van der Waals surface area (Å²) in [4.78, 5) is 4.43. The van der Waals surface area contributed by atoms with Crippen LogP contribution in [0.3, 0.4) is 0 Å². The molecule has 1 rings (SSSR count). The Labute approximate surface area is 139 Å². The van der Waals surface area contributed by atoms with Gasteiger partial charge in [-0.25, -0.2) is 0 Å². The number of benzene rings is 1. The molecule has 1 aromatic rings. The first-order valence-corrected chi connectivity index (χ1v) is 7.00. The topological polar surface area (TPSA) is 45.7 Å². The van der Waals surface area contributed by atoms with Crippen LogP contribution in [0.1, 0.15) is 25.8 Å². The van der Waals surface area contributed by atoms with Crippen LogP contribution >= 0.6 is 24.0 Å². The molecule has 0 spiro atoms. The van der Waals surface area contributed by atoms with Gasteiger partial charge in [0.15, 0.2) is 5.96 Å². The summed E-state index contributed by atoms with van der Waals surface area (Å²) < 4.78 is 5.61. The Kier molecular flexibility index (Phi) is 12.6. The smallest absolute Gasteiger partial charge is 0.191 e. The number of rotatable bonds is 8. The first-order chi connectivity index (χ1) is 9.36. The molecule has 114 valence electrons. The zero-order chi connectivity index (χ0) is 13.8. The van der Waals surface area contributed by atoms with Crippen molar-refractivity contribution >= 4 is 29.9 Å². The summed E-state index contributed by atoms with van der Waals surface area (Å²) in [5, 5.41) is 6.46. The molecule has 20 heavy (non-hydrogen) atoms. The van der Waals surface area contributed by atoms with Gasteiger partial charge < -0.3 is 15.4 Å². The molecule has 0 bridgehead atoms. The largest absolute Gasteiger partial charge is 0.375 e. The zero-order valence-corrected chi connectivity index (χ0v) is 14.7. The number of hydrogen-bond donors (Lipinski definition) is 2. The Hall–Kier alpha value is -0.820. The number of guanidine groups is 1. The Morgan fingerprint density at radius 1 is 1.15 bits per heavy atom. The minimum atomic E-state index is 0. The number of hydrogen-bond acceptors (Lipinski definition) is 2. The number of nitrogens with zero attached hydrogens (tertiary/aromatic N) is 1. The van der Waals surface area contributed by atoms with Gasteiger partial charge >= 0.3 is 0 Å². The van der Waals surface area contributed by atoms with Crippen molar-refractivity contribution in [2.45, 2.75) is 26.9 Å². The molecule has 0 radical (unpaired) electrons. The van der Waals surface area contributed by atoms with Crippen molar-refractivity contribution < 1.29 is 4.74 Å². The summed E-state index contributed by atoms with van der Waals surface area (Å²) in [6.07, 6.45) is 1.06. The molecule has 0 aromatic heterocycles. The zero-order valence-electron chi connectivity index (χ0n) is 12.4. The summed E-state index contributed by atoms with van der Waals surface area (Å²) in [6, 6.07) is 10.2. The highest BCUT2D eigenvalue weighted by atomic mass is 127. The molecule has 0 atom stereocenters. The van der Waals surface area contributed by atoms with E-state index in [1.807, 2.05) is 18.2 Å². The summed E-state index contributed by atoms with van der Waals surface area (Å²) in [6.45, 7) is 8.00. The number of aliphatic imine (C=N–C) groups is 1. The third kappa shape index (κ3) is 9.14. The van der Waals surface area contributed by atoms with Crippen LogP contribution in [0, 0.1) is 0 Å². The van der Waals surface area contributed by atoms with E-state index in [1.165, 1.54) is 5.56 Å². The predicted octanol–water partition coefficient (Wildman–Crippen LogP) is 2.79. The number of halogens is 1. The quantitative estimate of drug-likeness (QED) is 0.310. The Morgan fingerprint density at radius 2 is 1.90 bits per heavy atom. The first-order valence-electron chi connectivity index (χ1n) is 7.00. The van der Waals surface area contributed by atoms with Gasteiger partial charge in [-0.05, 0) is 18.9 Å². The van der Waals surface area contributed by atoms with Crippen molar-refractivity contribution in [2.24, 2.45) is 4.99 Å². The minimum Gasteiger partial charge on any atom is -0.375 e. The number of nitrogens with one attached hydrogen (secondary N) is 2. The lowest BCUT2D eigenvalue weighted by Crippen LogP contribution is -2.39. The van der Waals surface area contributed by atoms with Crippen LogP contribution in [0.4, 0.5) is 0 Å². The highest BCUT2D eigenvalue weighted by molar-refractivity contribution is 14.0. The molecule has 0 aliphatic heterocycles. The molecule has 0 saturated heterocycles. The molecule has 5 heteroatoms. The standard InChI is InChI=1S/C15H25N3O.HI/c1-3-10-17-15(16-4-2)18-11-12-19-13-14-8-6-5-7-9-14;/h5-9H,3-4,10-13H2,1-2H3,(H2,16,17,18);1H. The van der Waals surface area contributed by atoms with E-state index in [9.17, 15) is 0 Å². The molecule has 0 unspecified atom stereocenters. The van der Waals surface area contributed by atoms with E-state index in [1.54, 1.807) is 0 Å². The van der Waals surface area contributed by atoms with Gasteiger partial charge in [-0.3, -0.25) is 4.99 Å². The Morgan fingerprint density at radius 3 is 2.55 bits per heavy atom. The molecule has 2 N–H and O–H groups in total. The van der Waals surface area contributed by atoms with Gasteiger partial charge in [0.25, 0.3) is 0 Å². The van der Waals surface area contributed by atoms with Crippen LogP contribution in [-0.4, -0.2) is 32.2 Å². The SMILES string of the molecule is CCCN=C(NCC)NCCOCc1ccccc1.I. The average Bonchev–Trinajstić information content (AvgIpc) is 2.45. The van der Waals surface area contributed by atoms with Gasteiger partial charge in [-0.1, -0.05) is 37.3 Å². The Bertz CT molecular complexity index is 357. The average molecular weight is 391 g/mol. The van der Waals surface area contributed by atoms with Crippen LogP contribution in [0.15, 0.2) is 35.3 Å². The van der Waals surface area contributed by atoms with Crippen LogP contribution in [0.5, 0.6) is 0 Å². The van der Waals surface area contributed by atoms with Crippen molar-refractivity contribution in [1.29, 1.82) is 0 Å². The molecule has 0 aliphatic carbocycles. The van der Waals surface area contributed by atoms with E-state index in [-0.39, 0.29) is 24.0 Å². The lowest BCUT2D eigenvalue weighted by molar-refractivity contribution is 0.125. The van der Waals surface area contributed by atoms with Crippen molar-refractivity contribution in [1.82, 2.24) is 10.6 Å². The lowest BCUT2D eigenvalue weighted by atomic mass is 10.2. The van der Waals surface area contributed by atoms with Crippen molar-refractivity contribution in [2.75, 3.05) is 26.2 Å². The summed E-state index contributed by atoms with van der Waals surface area (Å²) in [7, 11) is 0. The van der Waals surface area contributed by atoms with Crippen molar-refractivity contribution in [3.63, 3.8) is 0 Å². The molecular weight excluding hydrogens is 365 g/mol. The lowest BCUT2D eigenvalue weighted by Gasteiger charge is -2.11. The highest BCUT2D eigenvalue weighted by Gasteiger charge is 1.96. The van der Waals surface area contributed by atoms with Crippen LogP contribution in [0.25, 0.3) is 0 Å².